The number of anilines is 3. The Balaban J connectivity index is 2.23. The van der Waals surface area contributed by atoms with Crippen molar-refractivity contribution in [3.8, 4) is 6.07 Å². The van der Waals surface area contributed by atoms with Crippen LogP contribution in [-0.2, 0) is 4.74 Å². The zero-order valence-electron chi connectivity index (χ0n) is 19.0. The van der Waals surface area contributed by atoms with Gasteiger partial charge < -0.3 is 20.7 Å². The van der Waals surface area contributed by atoms with E-state index in [4.69, 9.17) is 4.74 Å². The molecule has 32 heavy (non-hydrogen) atoms. The molecule has 0 fully saturated rings. The molecule has 2 aromatic rings. The SMILES string of the molecule is CC[C@H](NC(=O)OC(C)(C)C)[C@@H](C)Nc1nc(Nc2cnc(C)c(F)c2)c(C#N)cc1F. The first-order valence-corrected chi connectivity index (χ1v) is 10.2. The molecule has 0 spiro atoms. The Bertz CT molecular complexity index is 1020. The highest BCUT2D eigenvalue weighted by Crippen LogP contribution is 2.24. The van der Waals surface area contributed by atoms with Gasteiger partial charge in [0.2, 0.25) is 0 Å². The Hall–Kier alpha value is -3.48. The van der Waals surface area contributed by atoms with Gasteiger partial charge in [0.15, 0.2) is 17.5 Å². The number of halogens is 2. The number of carbonyl (C=O) groups is 1. The second kappa shape index (κ2) is 10.2. The van der Waals surface area contributed by atoms with Crippen LogP contribution in [0.4, 0.5) is 30.9 Å². The van der Waals surface area contributed by atoms with Gasteiger partial charge in [-0.15, -0.1) is 0 Å². The van der Waals surface area contributed by atoms with Gasteiger partial charge in [-0.05, 0) is 47.1 Å². The third kappa shape index (κ3) is 6.77. The maximum atomic E-state index is 14.6. The third-order valence-electron chi connectivity index (χ3n) is 4.49. The molecule has 2 rings (SSSR count). The van der Waals surface area contributed by atoms with Gasteiger partial charge in [-0.1, -0.05) is 6.92 Å². The van der Waals surface area contributed by atoms with E-state index in [0.29, 0.717) is 6.42 Å². The Morgan fingerprint density at radius 2 is 1.94 bits per heavy atom. The lowest BCUT2D eigenvalue weighted by Crippen LogP contribution is -2.47. The van der Waals surface area contributed by atoms with Gasteiger partial charge in [-0.3, -0.25) is 4.98 Å². The van der Waals surface area contributed by atoms with Gasteiger partial charge in [0.1, 0.15) is 17.5 Å². The van der Waals surface area contributed by atoms with Crippen LogP contribution in [0.3, 0.4) is 0 Å². The molecule has 0 bridgehead atoms. The van der Waals surface area contributed by atoms with Gasteiger partial charge in [0.05, 0.1) is 29.2 Å². The zero-order valence-corrected chi connectivity index (χ0v) is 19.0. The minimum atomic E-state index is -0.737. The maximum absolute atomic E-state index is 14.6. The van der Waals surface area contributed by atoms with Gasteiger partial charge >= 0.3 is 6.09 Å². The number of nitriles is 1. The minimum absolute atomic E-state index is 0.0433. The van der Waals surface area contributed by atoms with Crippen molar-refractivity contribution in [2.75, 3.05) is 10.6 Å². The topological polar surface area (TPSA) is 112 Å². The summed E-state index contributed by atoms with van der Waals surface area (Å²) in [5.74, 6) is -1.34. The summed E-state index contributed by atoms with van der Waals surface area (Å²) in [5.41, 5.74) is -0.214. The smallest absolute Gasteiger partial charge is 0.407 e. The molecule has 0 saturated heterocycles. The van der Waals surface area contributed by atoms with Crippen molar-refractivity contribution >= 4 is 23.4 Å². The van der Waals surface area contributed by atoms with Gasteiger partial charge in [-0.2, -0.15) is 5.26 Å². The van der Waals surface area contributed by atoms with Crippen LogP contribution in [0.25, 0.3) is 0 Å². The molecule has 0 aliphatic rings. The Kier molecular flexibility index (Phi) is 7.92. The maximum Gasteiger partial charge on any atom is 0.407 e. The number of nitrogens with zero attached hydrogens (tertiary/aromatic N) is 3. The number of aromatic nitrogens is 2. The lowest BCUT2D eigenvalue weighted by molar-refractivity contribution is 0.0498. The Morgan fingerprint density at radius 1 is 1.25 bits per heavy atom. The summed E-state index contributed by atoms with van der Waals surface area (Å²) in [6.45, 7) is 10.4. The fraction of sp³-hybridized carbons (Fsp3) is 0.455. The number of amides is 1. The van der Waals surface area contributed by atoms with Crippen molar-refractivity contribution in [3.05, 3.63) is 41.2 Å². The Morgan fingerprint density at radius 3 is 2.50 bits per heavy atom. The number of aryl methyl sites for hydroxylation is 1. The van der Waals surface area contributed by atoms with E-state index < -0.39 is 29.4 Å². The lowest BCUT2D eigenvalue weighted by Gasteiger charge is -2.27. The van der Waals surface area contributed by atoms with Crippen molar-refractivity contribution in [1.82, 2.24) is 15.3 Å². The second-order valence-electron chi connectivity index (χ2n) is 8.34. The molecular formula is C22H28F2N6O2. The molecule has 0 aliphatic heterocycles. The summed E-state index contributed by atoms with van der Waals surface area (Å²) in [6, 6.07) is 3.30. The van der Waals surface area contributed by atoms with Crippen LogP contribution >= 0.6 is 0 Å². The van der Waals surface area contributed by atoms with Crippen molar-refractivity contribution in [1.29, 1.82) is 5.26 Å². The van der Waals surface area contributed by atoms with Gasteiger partial charge in [0.25, 0.3) is 0 Å². The van der Waals surface area contributed by atoms with Crippen molar-refractivity contribution in [2.45, 2.75) is 65.6 Å². The highest BCUT2D eigenvalue weighted by Gasteiger charge is 2.24. The number of pyridine rings is 2. The highest BCUT2D eigenvalue weighted by atomic mass is 19.1. The molecule has 2 atom stereocenters. The molecule has 172 valence electrons. The fourth-order valence-electron chi connectivity index (χ4n) is 2.84. The van der Waals surface area contributed by atoms with E-state index in [1.165, 1.54) is 19.2 Å². The molecule has 0 unspecified atom stereocenters. The van der Waals surface area contributed by atoms with Crippen molar-refractivity contribution in [3.63, 3.8) is 0 Å². The monoisotopic (exact) mass is 446 g/mol. The van der Waals surface area contributed by atoms with Crippen LogP contribution in [-0.4, -0.2) is 33.7 Å². The van der Waals surface area contributed by atoms with Crippen LogP contribution in [0.5, 0.6) is 0 Å². The van der Waals surface area contributed by atoms with Crippen LogP contribution in [0.15, 0.2) is 18.3 Å². The zero-order chi connectivity index (χ0) is 24.1. The minimum Gasteiger partial charge on any atom is -0.444 e. The number of nitrogens with one attached hydrogen (secondary N) is 3. The van der Waals surface area contributed by atoms with E-state index in [2.05, 4.69) is 25.9 Å². The van der Waals surface area contributed by atoms with E-state index in [1.54, 1.807) is 27.7 Å². The molecule has 2 aromatic heterocycles. The van der Waals surface area contributed by atoms with E-state index in [-0.39, 0.29) is 34.6 Å². The largest absolute Gasteiger partial charge is 0.444 e. The normalized spacial score (nSPS) is 13.0. The summed E-state index contributed by atoms with van der Waals surface area (Å²) in [7, 11) is 0. The number of ether oxygens (including phenoxy) is 1. The quantitative estimate of drug-likeness (QED) is 0.561. The summed E-state index contributed by atoms with van der Waals surface area (Å²) in [6.07, 6.45) is 1.35. The standard InChI is InChI=1S/C22H28F2N6O2/c1-7-18(29-21(31)32-22(4,5)6)13(3)27-20-17(24)8-14(10-25)19(30-20)28-15-9-16(23)12(2)26-11-15/h8-9,11,13,18H,7H2,1-6H3,(H,29,31)(H2,27,28,30)/t13-,18+/m1/s1. The number of hydrogen-bond acceptors (Lipinski definition) is 7. The number of hydrogen-bond donors (Lipinski definition) is 3. The van der Waals surface area contributed by atoms with Gasteiger partial charge in [-0.25, -0.2) is 18.6 Å². The molecule has 0 aliphatic carbocycles. The predicted molar refractivity (Wildman–Crippen MR) is 118 cm³/mol. The van der Waals surface area contributed by atoms with Crippen LogP contribution in [0.1, 0.15) is 52.3 Å². The van der Waals surface area contributed by atoms with E-state index in [9.17, 15) is 18.8 Å². The lowest BCUT2D eigenvalue weighted by atomic mass is 10.1. The first-order valence-electron chi connectivity index (χ1n) is 10.2. The molecular weight excluding hydrogens is 418 g/mol. The highest BCUT2D eigenvalue weighted by molar-refractivity contribution is 5.68. The summed E-state index contributed by atoms with van der Waals surface area (Å²) in [4.78, 5) is 20.2. The molecule has 0 radical (unpaired) electrons. The van der Waals surface area contributed by atoms with Crippen LogP contribution in [0, 0.1) is 29.9 Å². The molecule has 2 heterocycles. The summed E-state index contributed by atoms with van der Waals surface area (Å²) < 4.78 is 33.7. The molecule has 0 saturated carbocycles. The van der Waals surface area contributed by atoms with Crippen LogP contribution < -0.4 is 16.0 Å². The first kappa shape index (κ1) is 24.8. The van der Waals surface area contributed by atoms with Crippen molar-refractivity contribution in [2.24, 2.45) is 0 Å². The molecule has 3 N–H and O–H groups in total. The molecule has 1 amide bonds. The average molecular weight is 447 g/mol. The summed E-state index contributed by atoms with van der Waals surface area (Å²) in [5, 5.41) is 17.8. The number of alkyl carbamates (subject to hydrolysis) is 1. The fourth-order valence-corrected chi connectivity index (χ4v) is 2.84. The second-order valence-corrected chi connectivity index (χ2v) is 8.34. The number of rotatable bonds is 7. The predicted octanol–water partition coefficient (Wildman–Crippen LogP) is 4.78. The Labute approximate surface area is 186 Å². The molecule has 0 aromatic carbocycles. The third-order valence-corrected chi connectivity index (χ3v) is 4.49. The molecule has 10 heteroatoms. The molecule has 8 nitrogen and oxygen atoms in total. The van der Waals surface area contributed by atoms with E-state index in [1.807, 2.05) is 13.0 Å². The van der Waals surface area contributed by atoms with Crippen molar-refractivity contribution < 1.29 is 18.3 Å². The van der Waals surface area contributed by atoms with Gasteiger partial charge in [0, 0.05) is 12.1 Å². The average Bonchev–Trinajstić information content (AvgIpc) is 2.69. The number of carbonyl (C=O) groups excluding carboxylic acids is 1. The first-order chi connectivity index (χ1) is 14.9. The summed E-state index contributed by atoms with van der Waals surface area (Å²) >= 11 is 0. The van der Waals surface area contributed by atoms with Crippen LogP contribution in [0.2, 0.25) is 0 Å². The van der Waals surface area contributed by atoms with E-state index >= 15 is 0 Å². The van der Waals surface area contributed by atoms with E-state index in [0.717, 1.165) is 6.07 Å².